The van der Waals surface area contributed by atoms with Gasteiger partial charge >= 0.3 is 0 Å². The minimum atomic E-state index is -3.92. The molecule has 2 heterocycles. The Balaban J connectivity index is 1.82. The molecule has 0 unspecified atom stereocenters. The van der Waals surface area contributed by atoms with Crippen LogP contribution >= 0.6 is 0 Å². The highest BCUT2D eigenvalue weighted by molar-refractivity contribution is 7.89. The van der Waals surface area contributed by atoms with Crippen LogP contribution in [0, 0.1) is 11.5 Å². The van der Waals surface area contributed by atoms with Gasteiger partial charge in [-0.2, -0.15) is 5.26 Å². The summed E-state index contributed by atoms with van der Waals surface area (Å²) in [4.78, 5) is 13.5. The van der Waals surface area contributed by atoms with Crippen LogP contribution in [0.15, 0.2) is 45.9 Å². The number of methoxy groups -OCH3 is 1. The van der Waals surface area contributed by atoms with Gasteiger partial charge in [-0.15, -0.1) is 0 Å². The first-order chi connectivity index (χ1) is 12.9. The van der Waals surface area contributed by atoms with E-state index in [0.29, 0.717) is 19.5 Å². The minimum Gasteiger partial charge on any atom is -0.495 e. The Bertz CT molecular complexity index is 966. The van der Waals surface area contributed by atoms with Crippen molar-refractivity contribution in [2.45, 2.75) is 17.4 Å². The first-order valence-electron chi connectivity index (χ1n) is 8.13. The van der Waals surface area contributed by atoms with Crippen LogP contribution < -0.4 is 14.8 Å². The standard InChI is InChI=1S/C17H18N4O5S/c1-25-14-5-4-12(19-17(22)15-3-2-8-26-15)9-16(14)27(23,24)20-13-6-7-21(10-13)11-18/h2-5,8-9,13,20H,6-7,10H2,1H3,(H,19,22)/t13-/m1/s1. The number of nitrogens with one attached hydrogen (secondary N) is 2. The molecule has 0 radical (unpaired) electrons. The first kappa shape index (κ1) is 18.8. The van der Waals surface area contributed by atoms with Crippen molar-refractivity contribution in [3.05, 3.63) is 42.4 Å². The fraction of sp³-hybridized carbons (Fsp3) is 0.294. The molecule has 9 nitrogen and oxygen atoms in total. The molecule has 1 aromatic heterocycles. The van der Waals surface area contributed by atoms with Gasteiger partial charge in [0.15, 0.2) is 12.0 Å². The molecule has 1 aromatic carbocycles. The smallest absolute Gasteiger partial charge is 0.291 e. The van der Waals surface area contributed by atoms with Crippen LogP contribution in [0.2, 0.25) is 0 Å². The Morgan fingerprint density at radius 1 is 1.41 bits per heavy atom. The van der Waals surface area contributed by atoms with Crippen LogP contribution in [0.1, 0.15) is 17.0 Å². The zero-order chi connectivity index (χ0) is 19.4. The number of furan rings is 1. The van der Waals surface area contributed by atoms with Crippen LogP contribution in [-0.4, -0.2) is 45.5 Å². The lowest BCUT2D eigenvalue weighted by molar-refractivity contribution is 0.0996. The van der Waals surface area contributed by atoms with E-state index in [1.807, 2.05) is 6.19 Å². The lowest BCUT2D eigenvalue weighted by Crippen LogP contribution is -2.36. The quantitative estimate of drug-likeness (QED) is 0.714. The van der Waals surface area contributed by atoms with E-state index in [4.69, 9.17) is 14.4 Å². The van der Waals surface area contributed by atoms with Gasteiger partial charge in [-0.3, -0.25) is 4.79 Å². The molecule has 1 aliphatic rings. The van der Waals surface area contributed by atoms with E-state index in [0.717, 1.165) is 0 Å². The number of ether oxygens (including phenoxy) is 1. The summed E-state index contributed by atoms with van der Waals surface area (Å²) >= 11 is 0. The second-order valence-corrected chi connectivity index (χ2v) is 7.63. The third kappa shape index (κ3) is 4.21. The van der Waals surface area contributed by atoms with E-state index in [9.17, 15) is 13.2 Å². The largest absolute Gasteiger partial charge is 0.495 e. The molecule has 3 rings (SSSR count). The highest BCUT2D eigenvalue weighted by atomic mass is 32.2. The lowest BCUT2D eigenvalue weighted by atomic mass is 10.3. The summed E-state index contributed by atoms with van der Waals surface area (Å²) in [5, 5.41) is 11.5. The molecule has 1 fully saturated rings. The molecule has 0 spiro atoms. The van der Waals surface area contributed by atoms with Gasteiger partial charge in [0.25, 0.3) is 5.91 Å². The van der Waals surface area contributed by atoms with Crippen molar-refractivity contribution in [2.75, 3.05) is 25.5 Å². The van der Waals surface area contributed by atoms with Gasteiger partial charge in [-0.25, -0.2) is 13.1 Å². The van der Waals surface area contributed by atoms with Crippen molar-refractivity contribution >= 4 is 21.6 Å². The minimum absolute atomic E-state index is 0.0994. The number of carbonyl (C=O) groups is 1. The molecule has 27 heavy (non-hydrogen) atoms. The van der Waals surface area contributed by atoms with Crippen LogP contribution in [-0.2, 0) is 10.0 Å². The molecule has 1 aliphatic heterocycles. The third-order valence-electron chi connectivity index (χ3n) is 4.11. The monoisotopic (exact) mass is 390 g/mol. The van der Waals surface area contributed by atoms with E-state index in [1.54, 1.807) is 6.07 Å². The number of likely N-dealkylation sites (tertiary alicyclic amines) is 1. The fourth-order valence-corrected chi connectivity index (χ4v) is 4.25. The molecule has 0 aliphatic carbocycles. The van der Waals surface area contributed by atoms with Gasteiger partial charge in [0.2, 0.25) is 10.0 Å². The summed E-state index contributed by atoms with van der Waals surface area (Å²) in [6.45, 7) is 0.813. The number of amides is 1. The lowest BCUT2D eigenvalue weighted by Gasteiger charge is -2.16. The van der Waals surface area contributed by atoms with Crippen molar-refractivity contribution in [1.82, 2.24) is 9.62 Å². The number of nitrogens with zero attached hydrogens (tertiary/aromatic N) is 2. The predicted molar refractivity (Wildman–Crippen MR) is 95.6 cm³/mol. The van der Waals surface area contributed by atoms with E-state index in [-0.39, 0.29) is 28.1 Å². The topological polar surface area (TPSA) is 125 Å². The van der Waals surface area contributed by atoms with Crippen molar-refractivity contribution in [1.29, 1.82) is 5.26 Å². The maximum Gasteiger partial charge on any atom is 0.291 e. The Labute approximate surface area is 156 Å². The highest BCUT2D eigenvalue weighted by Crippen LogP contribution is 2.28. The number of hydrogen-bond acceptors (Lipinski definition) is 7. The maximum atomic E-state index is 12.8. The van der Waals surface area contributed by atoms with Gasteiger partial charge < -0.3 is 19.4 Å². The van der Waals surface area contributed by atoms with Gasteiger partial charge in [0.05, 0.1) is 13.4 Å². The fourth-order valence-electron chi connectivity index (χ4n) is 2.80. The van der Waals surface area contributed by atoms with Crippen LogP contribution in [0.25, 0.3) is 0 Å². The third-order valence-corrected chi connectivity index (χ3v) is 5.65. The van der Waals surface area contributed by atoms with Crippen molar-refractivity contribution in [3.8, 4) is 11.9 Å². The van der Waals surface area contributed by atoms with E-state index < -0.39 is 15.9 Å². The van der Waals surface area contributed by atoms with E-state index >= 15 is 0 Å². The van der Waals surface area contributed by atoms with Gasteiger partial charge in [0, 0.05) is 24.8 Å². The zero-order valence-electron chi connectivity index (χ0n) is 14.5. The number of carbonyl (C=O) groups excluding carboxylic acids is 1. The molecule has 142 valence electrons. The molecular weight excluding hydrogens is 372 g/mol. The van der Waals surface area contributed by atoms with Gasteiger partial charge in [0.1, 0.15) is 10.6 Å². The number of rotatable bonds is 6. The van der Waals surface area contributed by atoms with Gasteiger partial charge in [-0.05, 0) is 36.8 Å². The molecule has 1 atom stereocenters. The number of benzene rings is 1. The molecule has 2 N–H and O–H groups in total. The van der Waals surface area contributed by atoms with Crippen molar-refractivity contribution < 1.29 is 22.4 Å². The molecule has 1 saturated heterocycles. The molecule has 2 aromatic rings. The van der Waals surface area contributed by atoms with Crippen molar-refractivity contribution in [2.24, 2.45) is 0 Å². The molecular formula is C17H18N4O5S. The van der Waals surface area contributed by atoms with E-state index in [2.05, 4.69) is 10.0 Å². The van der Waals surface area contributed by atoms with Crippen molar-refractivity contribution in [3.63, 3.8) is 0 Å². The summed E-state index contributed by atoms with van der Waals surface area (Å²) in [5.74, 6) is -0.244. The normalized spacial score (nSPS) is 16.7. The SMILES string of the molecule is COc1ccc(NC(=O)c2ccco2)cc1S(=O)(=O)N[C@@H]1CCN(C#N)C1. The molecule has 0 saturated carbocycles. The molecule has 10 heteroatoms. The van der Waals surface area contributed by atoms with Crippen LogP contribution in [0.3, 0.4) is 0 Å². The Morgan fingerprint density at radius 3 is 2.85 bits per heavy atom. The Kier molecular flexibility index (Phi) is 5.34. The second kappa shape index (κ2) is 7.69. The predicted octanol–water partition coefficient (Wildman–Crippen LogP) is 1.37. The summed E-state index contributed by atoms with van der Waals surface area (Å²) in [6.07, 6.45) is 3.91. The number of sulfonamides is 1. The summed E-state index contributed by atoms with van der Waals surface area (Å²) in [7, 11) is -2.55. The maximum absolute atomic E-state index is 12.8. The summed E-state index contributed by atoms with van der Waals surface area (Å²) < 4.78 is 38.4. The summed E-state index contributed by atoms with van der Waals surface area (Å²) in [6, 6.07) is 7.02. The van der Waals surface area contributed by atoms with Crippen LogP contribution in [0.4, 0.5) is 5.69 Å². The second-order valence-electron chi connectivity index (χ2n) is 5.95. The van der Waals surface area contributed by atoms with Gasteiger partial charge in [-0.1, -0.05) is 0 Å². The Morgan fingerprint density at radius 2 is 2.22 bits per heavy atom. The van der Waals surface area contributed by atoms with Crippen LogP contribution in [0.5, 0.6) is 5.75 Å². The number of hydrogen-bond donors (Lipinski definition) is 2. The molecule has 1 amide bonds. The number of anilines is 1. The van der Waals surface area contributed by atoms with E-state index in [1.165, 1.54) is 42.5 Å². The molecule has 0 bridgehead atoms. The number of nitriles is 1. The average molecular weight is 390 g/mol. The first-order valence-corrected chi connectivity index (χ1v) is 9.61. The zero-order valence-corrected chi connectivity index (χ0v) is 15.3. The average Bonchev–Trinajstić information content (AvgIpc) is 3.33. The highest BCUT2D eigenvalue weighted by Gasteiger charge is 2.29. The summed E-state index contributed by atoms with van der Waals surface area (Å²) in [5.41, 5.74) is 0.280. The Hall–Kier alpha value is -3.03.